The number of fused-ring (bicyclic) bond motifs is 1. The van der Waals surface area contributed by atoms with Crippen molar-refractivity contribution in [3.05, 3.63) is 94.6 Å². The first-order valence-electron chi connectivity index (χ1n) is 11.5. The number of hydrogen-bond donors (Lipinski definition) is 0. The van der Waals surface area contributed by atoms with Gasteiger partial charge in [0.25, 0.3) is 0 Å². The zero-order chi connectivity index (χ0) is 27.5. The van der Waals surface area contributed by atoms with E-state index in [-0.39, 0.29) is 24.7 Å². The van der Waals surface area contributed by atoms with Gasteiger partial charge in [-0.1, -0.05) is 0 Å². The summed E-state index contributed by atoms with van der Waals surface area (Å²) in [4.78, 5) is 35.1. The molecule has 0 aliphatic rings. The molecule has 3 heterocycles. The lowest BCUT2D eigenvalue weighted by atomic mass is 10.2. The summed E-state index contributed by atoms with van der Waals surface area (Å²) in [5, 5.41) is 0.849. The minimum Gasteiger partial charge on any atom is -0.472 e. The van der Waals surface area contributed by atoms with Crippen molar-refractivity contribution in [3.8, 4) is 5.75 Å². The van der Waals surface area contributed by atoms with E-state index in [1.54, 1.807) is 38.2 Å². The van der Waals surface area contributed by atoms with Crippen LogP contribution in [0.5, 0.6) is 5.75 Å². The quantitative estimate of drug-likeness (QED) is 0.248. The second-order valence-electron chi connectivity index (χ2n) is 7.61. The second kappa shape index (κ2) is 14.1. The van der Waals surface area contributed by atoms with Gasteiger partial charge in [0.1, 0.15) is 17.4 Å². The number of pyridine rings is 3. The van der Waals surface area contributed by atoms with Crippen molar-refractivity contribution in [1.82, 2.24) is 15.0 Å². The van der Waals surface area contributed by atoms with Crippen LogP contribution in [0.2, 0.25) is 0 Å². The van der Waals surface area contributed by atoms with Crippen molar-refractivity contribution >= 4 is 38.8 Å². The van der Waals surface area contributed by atoms with Gasteiger partial charge in [0.15, 0.2) is 0 Å². The number of esters is 2. The van der Waals surface area contributed by atoms with E-state index in [2.05, 4.69) is 30.9 Å². The fourth-order valence-electron chi connectivity index (χ4n) is 3.15. The predicted molar refractivity (Wildman–Crippen MR) is 138 cm³/mol. The van der Waals surface area contributed by atoms with Crippen molar-refractivity contribution in [3.63, 3.8) is 0 Å². The Morgan fingerprint density at radius 3 is 2.21 bits per heavy atom. The third-order valence-electron chi connectivity index (χ3n) is 4.81. The van der Waals surface area contributed by atoms with E-state index in [0.29, 0.717) is 18.1 Å². The molecule has 11 heteroatoms. The van der Waals surface area contributed by atoms with Crippen LogP contribution in [0.4, 0.5) is 8.78 Å². The Labute approximate surface area is 226 Å². The molecule has 1 atom stereocenters. The number of halogens is 3. The summed E-state index contributed by atoms with van der Waals surface area (Å²) in [5.41, 5.74) is 1.58. The molecule has 0 amide bonds. The van der Waals surface area contributed by atoms with Crippen LogP contribution in [0.15, 0.2) is 71.6 Å². The van der Waals surface area contributed by atoms with E-state index < -0.39 is 23.7 Å². The van der Waals surface area contributed by atoms with E-state index >= 15 is 0 Å². The first-order chi connectivity index (χ1) is 18.3. The number of ether oxygens (including phenoxy) is 3. The van der Waals surface area contributed by atoms with Gasteiger partial charge in [0, 0.05) is 16.1 Å². The number of hydrogen-bond acceptors (Lipinski definition) is 8. The average molecular weight is 588 g/mol. The maximum absolute atomic E-state index is 13.1. The summed E-state index contributed by atoms with van der Waals surface area (Å²) in [6.07, 6.45) is 2.82. The summed E-state index contributed by atoms with van der Waals surface area (Å²) in [5.74, 6) is -1.38. The SMILES string of the molecule is CCOC(=O)C(Oc1ccc2ncc(Br)cc2c1)c1ccc(F)cn1.CCOC(=O)Cc1ccc(F)cn1. The molecular formula is C27H24BrF2N3O5. The zero-order valence-electron chi connectivity index (χ0n) is 20.6. The predicted octanol–water partition coefficient (Wildman–Crippen LogP) is 5.54. The molecule has 8 nitrogen and oxygen atoms in total. The highest BCUT2D eigenvalue weighted by Crippen LogP contribution is 2.27. The van der Waals surface area contributed by atoms with Gasteiger partial charge in [-0.15, -0.1) is 0 Å². The first kappa shape index (κ1) is 28.6. The molecule has 0 bridgehead atoms. The van der Waals surface area contributed by atoms with Crippen LogP contribution in [0, 0.1) is 11.6 Å². The Kier molecular flexibility index (Phi) is 10.6. The van der Waals surface area contributed by atoms with Crippen LogP contribution < -0.4 is 4.74 Å². The summed E-state index contributed by atoms with van der Waals surface area (Å²) in [7, 11) is 0. The van der Waals surface area contributed by atoms with Gasteiger partial charge in [0.2, 0.25) is 6.10 Å². The number of benzene rings is 1. The van der Waals surface area contributed by atoms with Gasteiger partial charge < -0.3 is 14.2 Å². The van der Waals surface area contributed by atoms with Crippen LogP contribution in [0.3, 0.4) is 0 Å². The first-order valence-corrected chi connectivity index (χ1v) is 12.3. The van der Waals surface area contributed by atoms with Gasteiger partial charge >= 0.3 is 11.9 Å². The van der Waals surface area contributed by atoms with Crippen LogP contribution in [0.1, 0.15) is 31.3 Å². The van der Waals surface area contributed by atoms with Gasteiger partial charge in [-0.05, 0) is 78.3 Å². The second-order valence-corrected chi connectivity index (χ2v) is 8.52. The highest BCUT2D eigenvalue weighted by atomic mass is 79.9. The van der Waals surface area contributed by atoms with Gasteiger partial charge in [-0.3, -0.25) is 19.7 Å². The summed E-state index contributed by atoms with van der Waals surface area (Å²) in [6.45, 7) is 3.98. The lowest BCUT2D eigenvalue weighted by Crippen LogP contribution is -2.22. The molecule has 0 radical (unpaired) electrons. The fraction of sp³-hybridized carbons (Fsp3) is 0.222. The van der Waals surface area contributed by atoms with E-state index in [9.17, 15) is 18.4 Å². The van der Waals surface area contributed by atoms with Crippen LogP contribution in [0.25, 0.3) is 10.9 Å². The Morgan fingerprint density at radius 2 is 1.58 bits per heavy atom. The lowest BCUT2D eigenvalue weighted by Gasteiger charge is -2.17. The van der Waals surface area contributed by atoms with Crippen LogP contribution in [-0.4, -0.2) is 40.1 Å². The van der Waals surface area contributed by atoms with Crippen molar-refractivity contribution in [2.75, 3.05) is 13.2 Å². The molecule has 1 aromatic carbocycles. The smallest absolute Gasteiger partial charge is 0.353 e. The monoisotopic (exact) mass is 587 g/mol. The molecule has 0 aliphatic heterocycles. The topological polar surface area (TPSA) is 101 Å². The maximum Gasteiger partial charge on any atom is 0.353 e. The molecule has 1 unspecified atom stereocenters. The normalized spacial score (nSPS) is 11.2. The molecule has 0 saturated heterocycles. The fourth-order valence-corrected chi connectivity index (χ4v) is 3.50. The van der Waals surface area contributed by atoms with E-state index in [0.717, 1.165) is 27.8 Å². The standard InChI is InChI=1S/C18H14BrFN2O3.C9H10FNO2/c1-2-24-18(23)17(16-5-3-13(20)10-22-16)25-14-4-6-15-11(8-14)7-12(19)9-21-15;1-2-13-9(12)5-8-4-3-7(10)6-11-8/h3-10,17H,2H2,1H3;3-4,6H,2,5H2,1H3. The Morgan fingerprint density at radius 1 is 0.868 bits per heavy atom. The Bertz CT molecular complexity index is 1370. The van der Waals surface area contributed by atoms with Crippen LogP contribution >= 0.6 is 15.9 Å². The van der Waals surface area contributed by atoms with Crippen LogP contribution in [-0.2, 0) is 25.5 Å². The number of rotatable bonds is 8. The molecule has 4 aromatic rings. The average Bonchev–Trinajstić information content (AvgIpc) is 2.89. The summed E-state index contributed by atoms with van der Waals surface area (Å²) < 4.78 is 41.9. The molecular weight excluding hydrogens is 564 g/mol. The third kappa shape index (κ3) is 8.55. The largest absolute Gasteiger partial charge is 0.472 e. The molecule has 0 aliphatic carbocycles. The van der Waals surface area contributed by atoms with Gasteiger partial charge in [-0.25, -0.2) is 13.6 Å². The number of carbonyl (C=O) groups is 2. The number of aromatic nitrogens is 3. The molecule has 3 aromatic heterocycles. The molecule has 0 spiro atoms. The van der Waals surface area contributed by atoms with E-state index in [1.165, 1.54) is 24.3 Å². The maximum atomic E-state index is 13.1. The Balaban J connectivity index is 0.000000260. The highest BCUT2D eigenvalue weighted by molar-refractivity contribution is 9.10. The highest BCUT2D eigenvalue weighted by Gasteiger charge is 2.26. The zero-order valence-corrected chi connectivity index (χ0v) is 22.2. The Hall–Kier alpha value is -3.99. The molecule has 0 saturated carbocycles. The van der Waals surface area contributed by atoms with Gasteiger partial charge in [-0.2, -0.15) is 0 Å². The summed E-state index contributed by atoms with van der Waals surface area (Å²) >= 11 is 3.37. The van der Waals surface area contributed by atoms with Crippen molar-refractivity contribution < 1.29 is 32.6 Å². The molecule has 4 rings (SSSR count). The van der Waals surface area contributed by atoms with Crippen molar-refractivity contribution in [1.29, 1.82) is 0 Å². The molecule has 0 fully saturated rings. The number of carbonyl (C=O) groups excluding carboxylic acids is 2. The minimum absolute atomic E-state index is 0.0914. The third-order valence-corrected chi connectivity index (χ3v) is 5.25. The van der Waals surface area contributed by atoms with Crippen molar-refractivity contribution in [2.45, 2.75) is 26.4 Å². The van der Waals surface area contributed by atoms with E-state index in [1.807, 2.05) is 6.07 Å². The van der Waals surface area contributed by atoms with Gasteiger partial charge in [0.05, 0.1) is 48.9 Å². The summed E-state index contributed by atoms with van der Waals surface area (Å²) in [6, 6.07) is 12.5. The van der Waals surface area contributed by atoms with E-state index in [4.69, 9.17) is 14.2 Å². The lowest BCUT2D eigenvalue weighted by molar-refractivity contribution is -0.152. The number of nitrogens with zero attached hydrogens (tertiary/aromatic N) is 3. The molecule has 198 valence electrons. The van der Waals surface area contributed by atoms with Crippen molar-refractivity contribution in [2.24, 2.45) is 0 Å². The molecule has 0 N–H and O–H groups in total. The minimum atomic E-state index is -1.09. The molecule has 38 heavy (non-hydrogen) atoms.